The van der Waals surface area contributed by atoms with Crippen LogP contribution < -0.4 is 10.1 Å². The van der Waals surface area contributed by atoms with Crippen molar-refractivity contribution in [1.82, 2.24) is 15.3 Å². The molecule has 0 aliphatic rings. The molecule has 0 unspecified atom stereocenters. The van der Waals surface area contributed by atoms with E-state index < -0.39 is 0 Å². The standard InChI is InChI=1S/C15H17N3O3/c1-10-14(18-9-17-10)7-16-15(20)8-21-13-5-3-12(4-6-13)11(2)19/h3-6,9H,7-8H2,1-2H3,(H,16,20)(H,17,18). The number of carbonyl (C=O) groups excluding carboxylic acids is 2. The molecule has 0 atom stereocenters. The third-order valence-corrected chi connectivity index (χ3v) is 3.02. The van der Waals surface area contributed by atoms with Crippen LogP contribution in [0.2, 0.25) is 0 Å². The summed E-state index contributed by atoms with van der Waals surface area (Å²) in [5, 5.41) is 2.73. The number of carbonyl (C=O) groups is 2. The van der Waals surface area contributed by atoms with Gasteiger partial charge in [0.25, 0.3) is 5.91 Å². The predicted molar refractivity (Wildman–Crippen MR) is 77.1 cm³/mol. The molecule has 110 valence electrons. The molecular weight excluding hydrogens is 270 g/mol. The molecule has 2 rings (SSSR count). The van der Waals surface area contributed by atoms with E-state index in [4.69, 9.17) is 4.74 Å². The number of nitrogens with zero attached hydrogens (tertiary/aromatic N) is 1. The summed E-state index contributed by atoms with van der Waals surface area (Å²) in [6.07, 6.45) is 1.59. The third-order valence-electron chi connectivity index (χ3n) is 3.02. The van der Waals surface area contributed by atoms with Gasteiger partial charge in [0.05, 0.1) is 18.6 Å². The minimum Gasteiger partial charge on any atom is -0.484 e. The van der Waals surface area contributed by atoms with Gasteiger partial charge in [0.15, 0.2) is 12.4 Å². The van der Waals surface area contributed by atoms with Gasteiger partial charge in [0, 0.05) is 11.3 Å². The summed E-state index contributed by atoms with van der Waals surface area (Å²) in [7, 11) is 0. The highest BCUT2D eigenvalue weighted by molar-refractivity contribution is 5.94. The van der Waals surface area contributed by atoms with E-state index in [9.17, 15) is 9.59 Å². The van der Waals surface area contributed by atoms with Gasteiger partial charge < -0.3 is 15.0 Å². The van der Waals surface area contributed by atoms with Crippen LogP contribution in [0.25, 0.3) is 0 Å². The number of Topliss-reactive ketones (excluding diaryl/α,β-unsaturated/α-hetero) is 1. The van der Waals surface area contributed by atoms with Crippen molar-refractivity contribution in [3.05, 3.63) is 47.5 Å². The molecule has 6 nitrogen and oxygen atoms in total. The topological polar surface area (TPSA) is 84.1 Å². The number of hydrogen-bond acceptors (Lipinski definition) is 4. The molecule has 0 radical (unpaired) electrons. The van der Waals surface area contributed by atoms with Gasteiger partial charge in [-0.3, -0.25) is 9.59 Å². The molecule has 0 saturated carbocycles. The van der Waals surface area contributed by atoms with E-state index in [0.29, 0.717) is 17.9 Å². The minimum atomic E-state index is -0.229. The molecule has 6 heteroatoms. The zero-order valence-electron chi connectivity index (χ0n) is 12.0. The molecule has 2 aromatic rings. The number of aryl methyl sites for hydroxylation is 1. The second-order valence-corrected chi connectivity index (χ2v) is 4.62. The molecule has 0 saturated heterocycles. The highest BCUT2D eigenvalue weighted by atomic mass is 16.5. The molecular formula is C15H17N3O3. The lowest BCUT2D eigenvalue weighted by Gasteiger charge is -2.07. The van der Waals surface area contributed by atoms with Gasteiger partial charge in [-0.2, -0.15) is 0 Å². The number of ether oxygens (including phenoxy) is 1. The normalized spacial score (nSPS) is 10.2. The second-order valence-electron chi connectivity index (χ2n) is 4.62. The summed E-state index contributed by atoms with van der Waals surface area (Å²) in [6.45, 7) is 3.67. The Morgan fingerprint density at radius 2 is 2.00 bits per heavy atom. The van der Waals surface area contributed by atoms with Crippen LogP contribution in [0.1, 0.15) is 28.7 Å². The van der Waals surface area contributed by atoms with Crippen molar-refractivity contribution in [3.8, 4) is 5.75 Å². The summed E-state index contributed by atoms with van der Waals surface area (Å²) >= 11 is 0. The molecule has 21 heavy (non-hydrogen) atoms. The van der Waals surface area contributed by atoms with Gasteiger partial charge in [-0.1, -0.05) is 0 Å². The molecule has 1 aromatic carbocycles. The lowest BCUT2D eigenvalue weighted by atomic mass is 10.1. The molecule has 0 bridgehead atoms. The molecule has 0 fully saturated rings. The van der Waals surface area contributed by atoms with Crippen LogP contribution in [0.5, 0.6) is 5.75 Å². The van der Waals surface area contributed by atoms with Gasteiger partial charge in [-0.05, 0) is 38.1 Å². The number of aromatic nitrogens is 2. The average molecular weight is 287 g/mol. The first-order valence-corrected chi connectivity index (χ1v) is 6.55. The fraction of sp³-hybridized carbons (Fsp3) is 0.267. The fourth-order valence-corrected chi connectivity index (χ4v) is 1.73. The first-order valence-electron chi connectivity index (χ1n) is 6.55. The zero-order valence-corrected chi connectivity index (χ0v) is 12.0. The zero-order chi connectivity index (χ0) is 15.2. The van der Waals surface area contributed by atoms with Crippen molar-refractivity contribution in [2.45, 2.75) is 20.4 Å². The van der Waals surface area contributed by atoms with Crippen molar-refractivity contribution in [2.75, 3.05) is 6.61 Å². The maximum absolute atomic E-state index is 11.7. The predicted octanol–water partition coefficient (Wildman–Crippen LogP) is 1.62. The molecule has 0 spiro atoms. The Kier molecular flexibility index (Phi) is 4.71. The van der Waals surface area contributed by atoms with Gasteiger partial charge in [0.1, 0.15) is 5.75 Å². The van der Waals surface area contributed by atoms with Crippen LogP contribution in [0.4, 0.5) is 0 Å². The summed E-state index contributed by atoms with van der Waals surface area (Å²) in [4.78, 5) is 29.8. The van der Waals surface area contributed by atoms with Crippen molar-refractivity contribution in [1.29, 1.82) is 0 Å². The van der Waals surface area contributed by atoms with E-state index in [1.54, 1.807) is 30.6 Å². The molecule has 1 amide bonds. The number of H-pyrrole nitrogens is 1. The number of amides is 1. The fourth-order valence-electron chi connectivity index (χ4n) is 1.73. The highest BCUT2D eigenvalue weighted by Gasteiger charge is 2.06. The first kappa shape index (κ1) is 14.8. The average Bonchev–Trinajstić information content (AvgIpc) is 2.88. The quantitative estimate of drug-likeness (QED) is 0.791. The molecule has 1 aromatic heterocycles. The number of rotatable bonds is 6. The molecule has 0 aliphatic carbocycles. The van der Waals surface area contributed by atoms with Crippen LogP contribution in [-0.2, 0) is 11.3 Å². The Morgan fingerprint density at radius 1 is 1.29 bits per heavy atom. The summed E-state index contributed by atoms with van der Waals surface area (Å²) in [5.41, 5.74) is 2.34. The van der Waals surface area contributed by atoms with Gasteiger partial charge >= 0.3 is 0 Å². The second kappa shape index (κ2) is 6.69. The van der Waals surface area contributed by atoms with Crippen LogP contribution in [0.15, 0.2) is 30.6 Å². The monoisotopic (exact) mass is 287 g/mol. The van der Waals surface area contributed by atoms with Crippen LogP contribution >= 0.6 is 0 Å². The molecule has 2 N–H and O–H groups in total. The van der Waals surface area contributed by atoms with E-state index in [2.05, 4.69) is 15.3 Å². The minimum absolute atomic E-state index is 0.00587. The number of nitrogens with one attached hydrogen (secondary N) is 2. The first-order chi connectivity index (χ1) is 10.1. The van der Waals surface area contributed by atoms with E-state index in [0.717, 1.165) is 11.4 Å². The Hall–Kier alpha value is -2.63. The van der Waals surface area contributed by atoms with Crippen molar-refractivity contribution >= 4 is 11.7 Å². The Labute approximate surface area is 122 Å². The van der Waals surface area contributed by atoms with E-state index in [1.807, 2.05) is 6.92 Å². The number of hydrogen-bond donors (Lipinski definition) is 2. The highest BCUT2D eigenvalue weighted by Crippen LogP contribution is 2.12. The molecule has 0 aliphatic heterocycles. The van der Waals surface area contributed by atoms with Crippen LogP contribution in [-0.4, -0.2) is 28.3 Å². The van der Waals surface area contributed by atoms with Crippen molar-refractivity contribution in [3.63, 3.8) is 0 Å². The van der Waals surface area contributed by atoms with Crippen LogP contribution in [0, 0.1) is 6.92 Å². The molecule has 1 heterocycles. The van der Waals surface area contributed by atoms with Crippen molar-refractivity contribution in [2.24, 2.45) is 0 Å². The SMILES string of the molecule is CC(=O)c1ccc(OCC(=O)NCc2nc[nH]c2C)cc1. The third kappa shape index (κ3) is 4.17. The van der Waals surface area contributed by atoms with E-state index >= 15 is 0 Å². The van der Waals surface area contributed by atoms with Gasteiger partial charge in [-0.25, -0.2) is 4.98 Å². The Balaban J connectivity index is 1.78. The number of benzene rings is 1. The summed E-state index contributed by atoms with van der Waals surface area (Å²) < 4.78 is 5.35. The maximum atomic E-state index is 11.7. The number of aromatic amines is 1. The lowest BCUT2D eigenvalue weighted by molar-refractivity contribution is -0.123. The van der Waals surface area contributed by atoms with E-state index in [1.165, 1.54) is 6.92 Å². The lowest BCUT2D eigenvalue weighted by Crippen LogP contribution is -2.28. The smallest absolute Gasteiger partial charge is 0.258 e. The van der Waals surface area contributed by atoms with Gasteiger partial charge in [0.2, 0.25) is 0 Å². The Bertz CT molecular complexity index is 632. The summed E-state index contributed by atoms with van der Waals surface area (Å²) in [6, 6.07) is 6.68. The number of imidazole rings is 1. The maximum Gasteiger partial charge on any atom is 0.258 e. The summed E-state index contributed by atoms with van der Waals surface area (Å²) in [5.74, 6) is 0.313. The van der Waals surface area contributed by atoms with Crippen molar-refractivity contribution < 1.29 is 14.3 Å². The Morgan fingerprint density at radius 3 is 2.57 bits per heavy atom. The van der Waals surface area contributed by atoms with Crippen LogP contribution in [0.3, 0.4) is 0 Å². The largest absolute Gasteiger partial charge is 0.484 e. The number of ketones is 1. The van der Waals surface area contributed by atoms with E-state index in [-0.39, 0.29) is 18.3 Å². The van der Waals surface area contributed by atoms with Gasteiger partial charge in [-0.15, -0.1) is 0 Å².